The lowest BCUT2D eigenvalue weighted by Gasteiger charge is -2.57. The Labute approximate surface area is 202 Å². The fourth-order valence-electron chi connectivity index (χ4n) is 7.16. The van der Waals surface area contributed by atoms with Gasteiger partial charge in [-0.1, -0.05) is 12.1 Å². The number of ether oxygens (including phenoxy) is 1. The number of hydrogen-bond donors (Lipinski definition) is 1. The molecule has 7 heteroatoms. The van der Waals surface area contributed by atoms with Crippen molar-refractivity contribution in [3.8, 4) is 5.75 Å². The van der Waals surface area contributed by atoms with Crippen molar-refractivity contribution in [3.05, 3.63) is 54.1 Å². The second kappa shape index (κ2) is 8.59. The van der Waals surface area contributed by atoms with Crippen molar-refractivity contribution in [2.45, 2.75) is 56.9 Å². The van der Waals surface area contributed by atoms with Crippen LogP contribution >= 0.6 is 0 Å². The van der Waals surface area contributed by atoms with Crippen LogP contribution in [-0.2, 0) is 20.2 Å². The summed E-state index contributed by atoms with van der Waals surface area (Å²) in [6.45, 7) is 1.60. The third-order valence-corrected chi connectivity index (χ3v) is 9.46. The maximum Gasteiger partial charge on any atom is 0.247 e. The average molecular weight is 483 g/mol. The van der Waals surface area contributed by atoms with Crippen molar-refractivity contribution in [2.75, 3.05) is 23.0 Å². The molecule has 0 unspecified atom stereocenters. The van der Waals surface area contributed by atoms with Crippen molar-refractivity contribution < 1.29 is 17.9 Å². The van der Waals surface area contributed by atoms with Crippen LogP contribution in [0, 0.1) is 17.8 Å². The lowest BCUT2D eigenvalue weighted by molar-refractivity contribution is -0.116. The lowest BCUT2D eigenvalue weighted by atomic mass is 9.48. The molecule has 182 valence electrons. The number of nitrogens with zero attached hydrogens (tertiary/aromatic N) is 1. The van der Waals surface area contributed by atoms with Crippen molar-refractivity contribution in [3.63, 3.8) is 0 Å². The Balaban J connectivity index is 1.31. The van der Waals surface area contributed by atoms with Crippen LogP contribution < -0.4 is 14.4 Å². The molecule has 1 N–H and O–H groups in total. The normalized spacial score (nSPS) is 28.4. The molecule has 0 aromatic heterocycles. The molecule has 6 nitrogen and oxygen atoms in total. The first-order valence-corrected chi connectivity index (χ1v) is 14.1. The molecular weight excluding hydrogens is 448 g/mol. The van der Waals surface area contributed by atoms with E-state index in [4.69, 9.17) is 4.74 Å². The van der Waals surface area contributed by atoms with E-state index in [0.29, 0.717) is 22.5 Å². The molecule has 34 heavy (non-hydrogen) atoms. The molecule has 4 bridgehead atoms. The molecule has 1 atom stereocenters. The highest BCUT2D eigenvalue weighted by Crippen LogP contribution is 2.60. The van der Waals surface area contributed by atoms with Crippen LogP contribution in [0.2, 0.25) is 0 Å². The third-order valence-electron chi connectivity index (χ3n) is 8.22. The predicted molar refractivity (Wildman–Crippen MR) is 135 cm³/mol. The number of rotatable bonds is 7. The summed E-state index contributed by atoms with van der Waals surface area (Å²) in [5.41, 5.74) is 2.82. The number of carbonyl (C=O) groups excluding carboxylic acids is 1. The molecule has 2 aromatic rings. The minimum Gasteiger partial charge on any atom is -0.497 e. The number of methoxy groups -OCH3 is 1. The van der Waals surface area contributed by atoms with Gasteiger partial charge in [0, 0.05) is 5.69 Å². The first kappa shape index (κ1) is 23.2. The zero-order chi connectivity index (χ0) is 24.1. The molecule has 4 fully saturated rings. The summed E-state index contributed by atoms with van der Waals surface area (Å²) < 4.78 is 31.4. The van der Waals surface area contributed by atoms with E-state index in [2.05, 4.69) is 17.4 Å². The van der Waals surface area contributed by atoms with E-state index >= 15 is 0 Å². The van der Waals surface area contributed by atoms with Crippen LogP contribution in [0.4, 0.5) is 11.4 Å². The van der Waals surface area contributed by atoms with Gasteiger partial charge in [-0.15, -0.1) is 0 Å². The van der Waals surface area contributed by atoms with Crippen LogP contribution in [0.25, 0.3) is 0 Å². The van der Waals surface area contributed by atoms with E-state index in [1.54, 1.807) is 38.3 Å². The van der Waals surface area contributed by atoms with Crippen LogP contribution in [0.1, 0.15) is 51.0 Å². The third kappa shape index (κ3) is 4.30. The molecule has 0 heterocycles. The summed E-state index contributed by atoms with van der Waals surface area (Å²) in [4.78, 5) is 13.1. The van der Waals surface area contributed by atoms with E-state index in [9.17, 15) is 13.2 Å². The Morgan fingerprint density at radius 2 is 1.50 bits per heavy atom. The monoisotopic (exact) mass is 482 g/mol. The van der Waals surface area contributed by atoms with Gasteiger partial charge < -0.3 is 10.1 Å². The molecule has 4 aliphatic carbocycles. The van der Waals surface area contributed by atoms with Gasteiger partial charge in [-0.05, 0) is 111 Å². The molecule has 0 aliphatic heterocycles. The van der Waals surface area contributed by atoms with Gasteiger partial charge in [0.2, 0.25) is 15.9 Å². The predicted octanol–water partition coefficient (Wildman–Crippen LogP) is 4.96. The summed E-state index contributed by atoms with van der Waals surface area (Å²) in [7, 11) is -2.13. The Morgan fingerprint density at radius 1 is 0.971 bits per heavy atom. The summed E-state index contributed by atoms with van der Waals surface area (Å²) in [5, 5.41) is 2.92. The Hall–Kier alpha value is -2.54. The number of carbonyl (C=O) groups is 1. The molecule has 4 aliphatic rings. The maximum absolute atomic E-state index is 13.1. The van der Waals surface area contributed by atoms with Crippen LogP contribution in [0.5, 0.6) is 5.75 Å². The minimum atomic E-state index is -3.68. The Bertz CT molecular complexity index is 1120. The highest BCUT2D eigenvalue weighted by atomic mass is 32.2. The van der Waals surface area contributed by atoms with Gasteiger partial charge in [-0.3, -0.25) is 9.10 Å². The second-order valence-electron chi connectivity index (χ2n) is 10.7. The van der Waals surface area contributed by atoms with Crippen LogP contribution in [0.15, 0.2) is 48.5 Å². The van der Waals surface area contributed by atoms with Gasteiger partial charge in [-0.2, -0.15) is 0 Å². The highest BCUT2D eigenvalue weighted by Gasteiger charge is 2.51. The maximum atomic E-state index is 13.1. The van der Waals surface area contributed by atoms with Crippen molar-refractivity contribution >= 4 is 27.3 Å². The van der Waals surface area contributed by atoms with Crippen molar-refractivity contribution in [2.24, 2.45) is 17.8 Å². The number of benzene rings is 2. The largest absolute Gasteiger partial charge is 0.497 e. The second-order valence-corrected chi connectivity index (χ2v) is 12.6. The van der Waals surface area contributed by atoms with Gasteiger partial charge in [0.25, 0.3) is 0 Å². The molecule has 1 amide bonds. The molecule has 0 radical (unpaired) electrons. The van der Waals surface area contributed by atoms with E-state index in [1.165, 1.54) is 44.1 Å². The quantitative estimate of drug-likeness (QED) is 0.605. The molecule has 0 spiro atoms. The topological polar surface area (TPSA) is 75.7 Å². The van der Waals surface area contributed by atoms with Crippen molar-refractivity contribution in [1.82, 2.24) is 0 Å². The highest BCUT2D eigenvalue weighted by molar-refractivity contribution is 7.92. The van der Waals surface area contributed by atoms with Crippen LogP contribution in [-0.4, -0.2) is 33.7 Å². The molecule has 4 saturated carbocycles. The van der Waals surface area contributed by atoms with E-state index in [0.717, 1.165) is 28.3 Å². The van der Waals surface area contributed by atoms with Gasteiger partial charge in [0.05, 0.1) is 19.1 Å². The summed E-state index contributed by atoms with van der Waals surface area (Å²) in [5.74, 6) is 2.89. The first-order chi connectivity index (χ1) is 16.2. The zero-order valence-electron chi connectivity index (χ0n) is 20.2. The fourth-order valence-corrected chi connectivity index (χ4v) is 8.33. The Morgan fingerprint density at radius 3 is 1.97 bits per heavy atom. The zero-order valence-corrected chi connectivity index (χ0v) is 21.0. The number of amides is 1. The lowest BCUT2D eigenvalue weighted by Crippen LogP contribution is -2.48. The summed E-state index contributed by atoms with van der Waals surface area (Å²) >= 11 is 0. The van der Waals surface area contributed by atoms with Gasteiger partial charge in [-0.25, -0.2) is 8.42 Å². The SMILES string of the molecule is COc1ccc(N([C@H](C)C(=O)Nc2ccc(C34CC5CC(CC(C5)C3)C4)cc2)S(C)(=O)=O)cc1. The van der Waals surface area contributed by atoms with Gasteiger partial charge >= 0.3 is 0 Å². The van der Waals surface area contributed by atoms with Crippen LogP contribution in [0.3, 0.4) is 0 Å². The van der Waals surface area contributed by atoms with Gasteiger partial charge in [0.1, 0.15) is 11.8 Å². The smallest absolute Gasteiger partial charge is 0.247 e. The molecule has 0 saturated heterocycles. The summed E-state index contributed by atoms with van der Waals surface area (Å²) in [6, 6.07) is 14.0. The number of hydrogen-bond acceptors (Lipinski definition) is 4. The number of sulfonamides is 1. The van der Waals surface area contributed by atoms with Crippen molar-refractivity contribution in [1.29, 1.82) is 0 Å². The number of anilines is 2. The molecule has 2 aromatic carbocycles. The van der Waals surface area contributed by atoms with E-state index in [1.807, 2.05) is 12.1 Å². The van der Waals surface area contributed by atoms with E-state index < -0.39 is 16.1 Å². The standard InChI is InChI=1S/C27H34N2O4S/c1-18(29(34(3,31)32)24-8-10-25(33-2)11-9-24)26(30)28-23-6-4-22(5-7-23)27-15-19-12-20(16-27)14-21(13-19)17-27/h4-11,18-21H,12-17H2,1-3H3,(H,28,30)/t18-,19?,20?,21?,27?/m1/s1. The first-order valence-electron chi connectivity index (χ1n) is 12.2. The van der Waals surface area contributed by atoms with Gasteiger partial charge in [0.15, 0.2) is 0 Å². The average Bonchev–Trinajstić information content (AvgIpc) is 2.78. The minimum absolute atomic E-state index is 0.312. The van der Waals surface area contributed by atoms with E-state index in [-0.39, 0.29) is 5.91 Å². The fraction of sp³-hybridized carbons (Fsp3) is 0.519. The molecular formula is C27H34N2O4S. The number of nitrogens with one attached hydrogen (secondary N) is 1. The Kier molecular flexibility index (Phi) is 5.87. The molecule has 6 rings (SSSR count). The summed E-state index contributed by atoms with van der Waals surface area (Å²) in [6.07, 6.45) is 9.25.